The summed E-state index contributed by atoms with van der Waals surface area (Å²) in [6.07, 6.45) is -3.73. The van der Waals surface area contributed by atoms with Crippen LogP contribution in [-0.4, -0.2) is 18.4 Å². The average Bonchev–Trinajstić information content (AvgIpc) is 3.04. The fourth-order valence-electron chi connectivity index (χ4n) is 2.68. The van der Waals surface area contributed by atoms with Gasteiger partial charge in [0.15, 0.2) is 6.10 Å². The van der Waals surface area contributed by atoms with E-state index in [-0.39, 0.29) is 6.10 Å². The van der Waals surface area contributed by atoms with Gasteiger partial charge in [-0.25, -0.2) is 0 Å². The molecule has 1 aliphatic heterocycles. The van der Waals surface area contributed by atoms with Gasteiger partial charge < -0.3 is 10.2 Å². The maximum absolute atomic E-state index is 12.7. The van der Waals surface area contributed by atoms with Gasteiger partial charge in [0.25, 0.3) is 0 Å². The lowest BCUT2D eigenvalue weighted by atomic mass is 10.1. The van der Waals surface area contributed by atoms with E-state index in [4.69, 9.17) is 16.4 Å². The number of alkyl halides is 3. The Morgan fingerprint density at radius 2 is 1.92 bits per heavy atom. The second kappa shape index (κ2) is 7.45. The van der Waals surface area contributed by atoms with E-state index in [0.29, 0.717) is 30.1 Å². The lowest BCUT2D eigenvalue weighted by Crippen LogP contribution is -2.84. The highest BCUT2D eigenvalue weighted by Gasteiger charge is 2.30. The molecule has 0 saturated heterocycles. The number of nitrogens with two attached hydrogens (primary N) is 1. The minimum absolute atomic E-state index is 0.0866. The molecule has 1 atom stereocenters. The molecule has 0 fully saturated rings. The largest absolute Gasteiger partial charge is 0.416 e. The molecule has 0 bridgehead atoms. The van der Waals surface area contributed by atoms with Gasteiger partial charge in [-0.1, -0.05) is 41.0 Å². The predicted molar refractivity (Wildman–Crippen MR) is 89.4 cm³/mol. The third kappa shape index (κ3) is 4.74. The normalized spacial score (nSPS) is 17.3. The van der Waals surface area contributed by atoms with E-state index in [0.717, 1.165) is 17.3 Å². The zero-order valence-electron chi connectivity index (χ0n) is 13.3. The molecule has 0 aliphatic carbocycles. The van der Waals surface area contributed by atoms with Gasteiger partial charge in [0.2, 0.25) is 0 Å². The Kier molecular flexibility index (Phi) is 5.30. The van der Waals surface area contributed by atoms with Crippen molar-refractivity contribution in [2.75, 3.05) is 6.54 Å². The Bertz CT molecular complexity index is 760. The van der Waals surface area contributed by atoms with Crippen LogP contribution < -0.4 is 5.32 Å². The first kappa shape index (κ1) is 17.8. The second-order valence-corrected chi connectivity index (χ2v) is 6.34. The van der Waals surface area contributed by atoms with Crippen molar-refractivity contribution in [3.8, 4) is 0 Å². The Morgan fingerprint density at radius 3 is 2.64 bits per heavy atom. The van der Waals surface area contributed by atoms with Gasteiger partial charge in [-0.2, -0.15) is 13.2 Å². The summed E-state index contributed by atoms with van der Waals surface area (Å²) in [5.74, 6) is 0. The van der Waals surface area contributed by atoms with Gasteiger partial charge in [0.05, 0.1) is 11.3 Å². The van der Waals surface area contributed by atoms with E-state index < -0.39 is 11.7 Å². The van der Waals surface area contributed by atoms with E-state index in [2.05, 4.69) is 5.16 Å². The van der Waals surface area contributed by atoms with Gasteiger partial charge >= 0.3 is 6.18 Å². The molecule has 7 heteroatoms. The molecule has 0 amide bonds. The number of rotatable bonds is 5. The van der Waals surface area contributed by atoms with Crippen LogP contribution in [0.25, 0.3) is 0 Å². The van der Waals surface area contributed by atoms with Crippen LogP contribution in [0.15, 0.2) is 53.7 Å². The molecular weight excluding hydrogens is 353 g/mol. The summed E-state index contributed by atoms with van der Waals surface area (Å²) in [7, 11) is 0. The van der Waals surface area contributed by atoms with Crippen molar-refractivity contribution in [3.63, 3.8) is 0 Å². The maximum atomic E-state index is 12.7. The molecule has 2 N–H and O–H groups in total. The number of oxime groups is 1. The Labute approximate surface area is 148 Å². The SMILES string of the molecule is FC(F)(F)c1cccc(C[NH2+]C[C@@H]2CC(c3ccc(Cl)cc3)=NO2)c1. The van der Waals surface area contributed by atoms with Gasteiger partial charge in [-0.15, -0.1) is 0 Å². The monoisotopic (exact) mass is 369 g/mol. The first-order chi connectivity index (χ1) is 11.9. The van der Waals surface area contributed by atoms with Crippen LogP contribution in [0.2, 0.25) is 5.02 Å². The Hall–Kier alpha value is -2.05. The van der Waals surface area contributed by atoms with E-state index in [1.165, 1.54) is 12.1 Å². The number of nitrogens with zero attached hydrogens (tertiary/aromatic N) is 1. The minimum Gasteiger partial charge on any atom is -0.386 e. The predicted octanol–water partition coefficient (Wildman–Crippen LogP) is 3.62. The Balaban J connectivity index is 1.49. The van der Waals surface area contributed by atoms with Crippen LogP contribution in [0.1, 0.15) is 23.1 Å². The molecular formula is C18H17ClF3N2O+. The first-order valence-corrected chi connectivity index (χ1v) is 8.26. The van der Waals surface area contributed by atoms with Crippen molar-refractivity contribution in [1.82, 2.24) is 0 Å². The van der Waals surface area contributed by atoms with E-state index in [9.17, 15) is 13.2 Å². The molecule has 0 spiro atoms. The van der Waals surface area contributed by atoms with Crippen LogP contribution in [0.4, 0.5) is 13.2 Å². The van der Waals surface area contributed by atoms with Crippen LogP contribution in [0.5, 0.6) is 0 Å². The molecule has 132 valence electrons. The fraction of sp³-hybridized carbons (Fsp3) is 0.278. The second-order valence-electron chi connectivity index (χ2n) is 5.90. The third-order valence-corrected chi connectivity index (χ3v) is 4.23. The zero-order chi connectivity index (χ0) is 17.9. The van der Waals surface area contributed by atoms with E-state index in [1.54, 1.807) is 18.2 Å². The molecule has 3 rings (SSSR count). The van der Waals surface area contributed by atoms with Crippen LogP contribution in [-0.2, 0) is 17.6 Å². The van der Waals surface area contributed by atoms with Crippen LogP contribution in [0, 0.1) is 0 Å². The number of hydrogen-bond acceptors (Lipinski definition) is 2. The number of quaternary nitrogens is 1. The average molecular weight is 370 g/mol. The molecule has 25 heavy (non-hydrogen) atoms. The smallest absolute Gasteiger partial charge is 0.386 e. The molecule has 0 saturated carbocycles. The van der Waals surface area contributed by atoms with Crippen LogP contribution in [0.3, 0.4) is 0 Å². The molecule has 1 aliphatic rings. The highest BCUT2D eigenvalue weighted by Crippen LogP contribution is 2.29. The topological polar surface area (TPSA) is 38.2 Å². The highest BCUT2D eigenvalue weighted by atomic mass is 35.5. The van der Waals surface area contributed by atoms with E-state index in [1.807, 2.05) is 17.4 Å². The van der Waals surface area contributed by atoms with Gasteiger partial charge in [-0.05, 0) is 29.8 Å². The molecule has 0 aromatic heterocycles. The van der Waals surface area contributed by atoms with E-state index >= 15 is 0 Å². The van der Waals surface area contributed by atoms with Gasteiger partial charge in [-0.3, -0.25) is 0 Å². The van der Waals surface area contributed by atoms with Gasteiger partial charge in [0.1, 0.15) is 13.1 Å². The van der Waals surface area contributed by atoms with Crippen molar-refractivity contribution in [2.24, 2.45) is 5.16 Å². The summed E-state index contributed by atoms with van der Waals surface area (Å²) < 4.78 is 38.1. The lowest BCUT2D eigenvalue weighted by Gasteiger charge is -2.09. The standard InChI is InChI=1S/C18H16ClF3N2O/c19-15-6-4-13(5-7-15)17-9-16(25-24-17)11-23-10-12-2-1-3-14(8-12)18(20,21)22/h1-8,16,23H,9-11H2/p+1/t16-/m0/s1. The maximum Gasteiger partial charge on any atom is 0.416 e. The summed E-state index contributed by atoms with van der Waals surface area (Å²) in [4.78, 5) is 5.41. The minimum atomic E-state index is -4.31. The summed E-state index contributed by atoms with van der Waals surface area (Å²) in [6.45, 7) is 1.08. The summed E-state index contributed by atoms with van der Waals surface area (Å²) in [6, 6.07) is 12.8. The van der Waals surface area contributed by atoms with Crippen molar-refractivity contribution < 1.29 is 23.3 Å². The van der Waals surface area contributed by atoms with Crippen molar-refractivity contribution in [3.05, 3.63) is 70.2 Å². The molecule has 2 aromatic carbocycles. The van der Waals surface area contributed by atoms with Crippen molar-refractivity contribution >= 4 is 17.3 Å². The first-order valence-electron chi connectivity index (χ1n) is 7.88. The summed E-state index contributed by atoms with van der Waals surface area (Å²) >= 11 is 5.87. The highest BCUT2D eigenvalue weighted by molar-refractivity contribution is 6.30. The molecule has 0 unspecified atom stereocenters. The van der Waals surface area contributed by atoms with Gasteiger partial charge in [0, 0.05) is 17.0 Å². The van der Waals surface area contributed by atoms with Crippen molar-refractivity contribution in [2.45, 2.75) is 25.2 Å². The molecule has 3 nitrogen and oxygen atoms in total. The Morgan fingerprint density at radius 1 is 1.16 bits per heavy atom. The third-order valence-electron chi connectivity index (χ3n) is 3.97. The summed E-state index contributed by atoms with van der Waals surface area (Å²) in [5, 5.41) is 6.69. The molecule has 0 radical (unpaired) electrons. The molecule has 2 aromatic rings. The summed E-state index contributed by atoms with van der Waals surface area (Å²) in [5.41, 5.74) is 1.83. The zero-order valence-corrected chi connectivity index (χ0v) is 14.0. The quantitative estimate of drug-likeness (QED) is 0.859. The lowest BCUT2D eigenvalue weighted by molar-refractivity contribution is -0.676. The van der Waals surface area contributed by atoms with Crippen molar-refractivity contribution in [1.29, 1.82) is 0 Å². The molecule has 1 heterocycles. The number of hydrogen-bond donors (Lipinski definition) is 1. The van der Waals surface area contributed by atoms with Crippen LogP contribution >= 0.6 is 11.6 Å². The fourth-order valence-corrected chi connectivity index (χ4v) is 2.80. The number of halogens is 4. The number of benzene rings is 2.